The molecule has 0 fully saturated rings. The lowest BCUT2D eigenvalue weighted by Gasteiger charge is -2.23. The van der Waals surface area contributed by atoms with E-state index in [1.54, 1.807) is 12.1 Å². The molecule has 0 aromatic heterocycles. The maximum atomic E-state index is 13.6. The number of carbonyl (C=O) groups is 1. The first kappa shape index (κ1) is 17.1. The molecule has 1 aliphatic rings. The molecule has 1 heterocycles. The molecule has 0 spiro atoms. The minimum absolute atomic E-state index is 0.0643. The molecule has 1 N–H and O–H groups in total. The maximum Gasteiger partial charge on any atom is 0.262 e. The van der Waals surface area contributed by atoms with Crippen molar-refractivity contribution in [3.05, 3.63) is 84.2 Å². The van der Waals surface area contributed by atoms with Crippen LogP contribution < -0.4 is 15.0 Å². The second-order valence-electron chi connectivity index (χ2n) is 6.31. The number of fused-ring (bicyclic) bond motifs is 1. The van der Waals surface area contributed by atoms with Crippen LogP contribution in [0.3, 0.4) is 0 Å². The van der Waals surface area contributed by atoms with E-state index in [9.17, 15) is 9.18 Å². The van der Waals surface area contributed by atoms with Crippen molar-refractivity contribution in [2.75, 3.05) is 23.4 Å². The summed E-state index contributed by atoms with van der Waals surface area (Å²) >= 11 is 0. The van der Waals surface area contributed by atoms with Gasteiger partial charge in [0.05, 0.1) is 11.4 Å². The molecule has 0 bridgehead atoms. The van der Waals surface area contributed by atoms with Crippen LogP contribution in [0, 0.1) is 5.82 Å². The third-order valence-electron chi connectivity index (χ3n) is 4.55. The summed E-state index contributed by atoms with van der Waals surface area (Å²) in [6.07, 6.45) is 0.967. The van der Waals surface area contributed by atoms with Gasteiger partial charge in [-0.25, -0.2) is 4.39 Å². The average Bonchev–Trinajstić information content (AvgIpc) is 3.12. The number of hydrogen-bond donors (Lipinski definition) is 1. The SMILES string of the molecule is O=C(COc1ccccc1F)Nc1ccccc1N1CCc2ccccc21. The molecule has 0 unspecified atom stereocenters. The van der Waals surface area contributed by atoms with Gasteiger partial charge in [-0.2, -0.15) is 0 Å². The van der Waals surface area contributed by atoms with Crippen LogP contribution in [0.4, 0.5) is 21.5 Å². The van der Waals surface area contributed by atoms with E-state index in [2.05, 4.69) is 22.3 Å². The summed E-state index contributed by atoms with van der Waals surface area (Å²) < 4.78 is 18.9. The van der Waals surface area contributed by atoms with E-state index in [1.165, 1.54) is 17.7 Å². The predicted octanol–water partition coefficient (Wildman–Crippen LogP) is 4.54. The first-order chi connectivity index (χ1) is 13.2. The van der Waals surface area contributed by atoms with E-state index >= 15 is 0 Å². The van der Waals surface area contributed by atoms with E-state index in [0.29, 0.717) is 5.69 Å². The zero-order valence-electron chi connectivity index (χ0n) is 14.7. The van der Waals surface area contributed by atoms with Crippen LogP contribution in [-0.2, 0) is 11.2 Å². The molecule has 4 rings (SSSR count). The Bertz CT molecular complexity index is 974. The molecule has 0 atom stereocenters. The molecule has 27 heavy (non-hydrogen) atoms. The summed E-state index contributed by atoms with van der Waals surface area (Å²) in [6.45, 7) is 0.601. The molecule has 136 valence electrons. The molecule has 0 saturated carbocycles. The summed E-state index contributed by atoms with van der Waals surface area (Å²) in [4.78, 5) is 14.5. The molecule has 1 aliphatic heterocycles. The number of para-hydroxylation sites is 4. The molecule has 3 aromatic rings. The highest BCUT2D eigenvalue weighted by Gasteiger charge is 2.22. The van der Waals surface area contributed by atoms with Crippen molar-refractivity contribution in [2.24, 2.45) is 0 Å². The topological polar surface area (TPSA) is 41.6 Å². The van der Waals surface area contributed by atoms with Crippen molar-refractivity contribution in [1.29, 1.82) is 0 Å². The zero-order chi connectivity index (χ0) is 18.6. The monoisotopic (exact) mass is 362 g/mol. The van der Waals surface area contributed by atoms with Crippen molar-refractivity contribution in [3.63, 3.8) is 0 Å². The molecule has 0 saturated heterocycles. The van der Waals surface area contributed by atoms with Crippen LogP contribution in [0.5, 0.6) is 5.75 Å². The average molecular weight is 362 g/mol. The molecule has 3 aromatic carbocycles. The number of nitrogens with one attached hydrogen (secondary N) is 1. The minimum atomic E-state index is -0.487. The summed E-state index contributed by atoms with van der Waals surface area (Å²) in [5.41, 5.74) is 4.08. The van der Waals surface area contributed by atoms with Crippen molar-refractivity contribution >= 4 is 23.0 Å². The fourth-order valence-corrected chi connectivity index (χ4v) is 3.29. The highest BCUT2D eigenvalue weighted by molar-refractivity contribution is 5.96. The summed E-state index contributed by atoms with van der Waals surface area (Å²) in [5.74, 6) is -0.757. The zero-order valence-corrected chi connectivity index (χ0v) is 14.7. The van der Waals surface area contributed by atoms with E-state index in [1.807, 2.05) is 36.4 Å². The Morgan fingerprint density at radius 3 is 2.52 bits per heavy atom. The standard InChI is InChI=1S/C22H19FN2O2/c23-17-8-2-6-12-21(17)27-15-22(26)24-18-9-3-5-11-20(18)25-14-13-16-7-1-4-10-19(16)25/h1-12H,13-15H2,(H,24,26). The summed E-state index contributed by atoms with van der Waals surface area (Å²) in [6, 6.07) is 22.0. The number of benzene rings is 3. The highest BCUT2D eigenvalue weighted by atomic mass is 19.1. The van der Waals surface area contributed by atoms with Crippen molar-refractivity contribution in [3.8, 4) is 5.75 Å². The van der Waals surface area contributed by atoms with Gasteiger partial charge in [0.2, 0.25) is 0 Å². The molecule has 4 nitrogen and oxygen atoms in total. The number of amides is 1. The number of halogens is 1. The third-order valence-corrected chi connectivity index (χ3v) is 4.55. The Balaban J connectivity index is 1.49. The lowest BCUT2D eigenvalue weighted by atomic mass is 10.2. The number of rotatable bonds is 5. The van der Waals surface area contributed by atoms with Crippen LogP contribution in [0.1, 0.15) is 5.56 Å². The van der Waals surface area contributed by atoms with Gasteiger partial charge in [-0.15, -0.1) is 0 Å². The fourth-order valence-electron chi connectivity index (χ4n) is 3.29. The molecule has 1 amide bonds. The van der Waals surface area contributed by atoms with Gasteiger partial charge in [-0.05, 0) is 42.3 Å². The Morgan fingerprint density at radius 2 is 1.67 bits per heavy atom. The van der Waals surface area contributed by atoms with Gasteiger partial charge >= 0.3 is 0 Å². The second-order valence-corrected chi connectivity index (χ2v) is 6.31. The molecular formula is C22H19FN2O2. The van der Waals surface area contributed by atoms with Gasteiger partial charge in [0, 0.05) is 12.2 Å². The Kier molecular flexibility index (Phi) is 4.75. The van der Waals surface area contributed by atoms with E-state index in [4.69, 9.17) is 4.74 Å². The van der Waals surface area contributed by atoms with Crippen molar-refractivity contribution in [2.45, 2.75) is 6.42 Å². The first-order valence-corrected chi connectivity index (χ1v) is 8.84. The Labute approximate surface area is 157 Å². The van der Waals surface area contributed by atoms with Crippen LogP contribution >= 0.6 is 0 Å². The Morgan fingerprint density at radius 1 is 0.963 bits per heavy atom. The number of anilines is 3. The van der Waals surface area contributed by atoms with Gasteiger partial charge in [0.15, 0.2) is 18.2 Å². The summed E-state index contributed by atoms with van der Waals surface area (Å²) in [5, 5.41) is 2.88. The minimum Gasteiger partial charge on any atom is -0.481 e. The molecule has 0 radical (unpaired) electrons. The normalized spacial score (nSPS) is 12.6. The molecule has 5 heteroatoms. The fraction of sp³-hybridized carbons (Fsp3) is 0.136. The van der Waals surface area contributed by atoms with Crippen molar-refractivity contribution in [1.82, 2.24) is 0 Å². The lowest BCUT2D eigenvalue weighted by molar-refractivity contribution is -0.118. The molecule has 0 aliphatic carbocycles. The van der Waals surface area contributed by atoms with Crippen molar-refractivity contribution < 1.29 is 13.9 Å². The summed E-state index contributed by atoms with van der Waals surface area (Å²) in [7, 11) is 0. The predicted molar refractivity (Wildman–Crippen MR) is 104 cm³/mol. The van der Waals surface area contributed by atoms with Gasteiger partial charge in [0.25, 0.3) is 5.91 Å². The number of nitrogens with zero attached hydrogens (tertiary/aromatic N) is 1. The van der Waals surface area contributed by atoms with E-state index in [-0.39, 0.29) is 18.3 Å². The first-order valence-electron chi connectivity index (χ1n) is 8.84. The number of carbonyl (C=O) groups excluding carboxylic acids is 1. The largest absolute Gasteiger partial charge is 0.481 e. The highest BCUT2D eigenvalue weighted by Crippen LogP contribution is 2.38. The van der Waals surface area contributed by atoms with Crippen LogP contribution in [-0.4, -0.2) is 19.1 Å². The number of hydrogen-bond acceptors (Lipinski definition) is 3. The van der Waals surface area contributed by atoms with E-state index in [0.717, 1.165) is 24.3 Å². The lowest BCUT2D eigenvalue weighted by Crippen LogP contribution is -2.22. The van der Waals surface area contributed by atoms with Crippen LogP contribution in [0.25, 0.3) is 0 Å². The smallest absolute Gasteiger partial charge is 0.262 e. The maximum absolute atomic E-state index is 13.6. The molecular weight excluding hydrogens is 343 g/mol. The van der Waals surface area contributed by atoms with E-state index < -0.39 is 5.82 Å². The third kappa shape index (κ3) is 3.62. The quantitative estimate of drug-likeness (QED) is 0.725. The van der Waals surface area contributed by atoms with Gasteiger partial charge in [0.1, 0.15) is 0 Å². The number of ether oxygens (including phenoxy) is 1. The van der Waals surface area contributed by atoms with Crippen LogP contribution in [0.15, 0.2) is 72.8 Å². The second kappa shape index (κ2) is 7.50. The van der Waals surface area contributed by atoms with Crippen LogP contribution in [0.2, 0.25) is 0 Å². The van der Waals surface area contributed by atoms with Gasteiger partial charge in [-0.1, -0.05) is 42.5 Å². The van der Waals surface area contributed by atoms with Gasteiger partial charge in [-0.3, -0.25) is 4.79 Å². The van der Waals surface area contributed by atoms with Gasteiger partial charge < -0.3 is 15.0 Å². The Hall–Kier alpha value is -3.34.